The van der Waals surface area contributed by atoms with E-state index in [0.29, 0.717) is 6.54 Å². The van der Waals surface area contributed by atoms with Crippen LogP contribution in [0.2, 0.25) is 0 Å². The summed E-state index contributed by atoms with van der Waals surface area (Å²) >= 11 is 1.79. The number of hydrogen-bond acceptors (Lipinski definition) is 3. The predicted molar refractivity (Wildman–Crippen MR) is 107 cm³/mol. The summed E-state index contributed by atoms with van der Waals surface area (Å²) in [6, 6.07) is 18.4. The standard InChI is InChI=1S/C20H24N2OS.ClH/c1-20(14-21)11-12-22(15-20)19(23)17-7-9-18(10-8-17)24-13-16-5-3-2-4-6-16;/h2-10H,11-15,21H2,1H3;1H. The van der Waals surface area contributed by atoms with Crippen molar-refractivity contribution in [3.8, 4) is 0 Å². The average molecular weight is 377 g/mol. The molecule has 2 aromatic carbocycles. The molecule has 1 unspecified atom stereocenters. The number of carbonyl (C=O) groups excluding carboxylic acids is 1. The summed E-state index contributed by atoms with van der Waals surface area (Å²) in [6.45, 7) is 4.35. The van der Waals surface area contributed by atoms with Crippen LogP contribution in [0.1, 0.15) is 29.3 Å². The predicted octanol–water partition coefficient (Wildman–Crippen LogP) is 4.21. The lowest BCUT2D eigenvalue weighted by Gasteiger charge is -2.22. The highest BCUT2D eigenvalue weighted by Crippen LogP contribution is 2.30. The number of halogens is 1. The maximum absolute atomic E-state index is 12.6. The number of nitrogens with two attached hydrogens (primary N) is 1. The van der Waals surface area contributed by atoms with E-state index in [0.717, 1.165) is 30.8 Å². The Kier molecular flexibility index (Phi) is 6.94. The van der Waals surface area contributed by atoms with Crippen LogP contribution in [0.3, 0.4) is 0 Å². The van der Waals surface area contributed by atoms with Crippen molar-refractivity contribution in [2.24, 2.45) is 11.1 Å². The van der Waals surface area contributed by atoms with Gasteiger partial charge in [-0.2, -0.15) is 0 Å². The summed E-state index contributed by atoms with van der Waals surface area (Å²) in [6.07, 6.45) is 0.986. The molecule has 1 fully saturated rings. The maximum atomic E-state index is 12.6. The van der Waals surface area contributed by atoms with Crippen molar-refractivity contribution in [2.45, 2.75) is 24.0 Å². The van der Waals surface area contributed by atoms with Gasteiger partial charge in [-0.05, 0) is 48.2 Å². The summed E-state index contributed by atoms with van der Waals surface area (Å²) < 4.78 is 0. The van der Waals surface area contributed by atoms with Crippen LogP contribution in [0.4, 0.5) is 0 Å². The number of amides is 1. The Morgan fingerprint density at radius 2 is 1.84 bits per heavy atom. The Balaban J connectivity index is 0.00000225. The summed E-state index contributed by atoms with van der Waals surface area (Å²) in [5.41, 5.74) is 7.97. The minimum absolute atomic E-state index is 0. The minimum atomic E-state index is 0. The highest BCUT2D eigenvalue weighted by atomic mass is 35.5. The molecular formula is C20H25ClN2OS. The van der Waals surface area contributed by atoms with Crippen molar-refractivity contribution in [3.05, 3.63) is 65.7 Å². The summed E-state index contributed by atoms with van der Waals surface area (Å²) in [5, 5.41) is 0. The second-order valence-corrected chi connectivity index (χ2v) is 7.84. The number of rotatable bonds is 5. The second-order valence-electron chi connectivity index (χ2n) is 6.79. The van der Waals surface area contributed by atoms with E-state index in [1.54, 1.807) is 11.8 Å². The van der Waals surface area contributed by atoms with E-state index in [1.165, 1.54) is 10.5 Å². The largest absolute Gasteiger partial charge is 0.338 e. The Bertz CT molecular complexity index is 693. The molecule has 0 saturated carbocycles. The first-order valence-electron chi connectivity index (χ1n) is 8.36. The number of nitrogens with zero attached hydrogens (tertiary/aromatic N) is 1. The molecule has 3 nitrogen and oxygen atoms in total. The van der Waals surface area contributed by atoms with Gasteiger partial charge in [0.25, 0.3) is 5.91 Å². The lowest BCUT2D eigenvalue weighted by atomic mass is 9.90. The van der Waals surface area contributed by atoms with Gasteiger partial charge in [0, 0.05) is 29.3 Å². The zero-order chi connectivity index (χ0) is 17.0. The van der Waals surface area contributed by atoms with Crippen LogP contribution in [0.5, 0.6) is 0 Å². The molecule has 0 bridgehead atoms. The topological polar surface area (TPSA) is 46.3 Å². The molecule has 1 atom stereocenters. The molecule has 2 N–H and O–H groups in total. The lowest BCUT2D eigenvalue weighted by molar-refractivity contribution is 0.0777. The molecule has 0 spiro atoms. The van der Waals surface area contributed by atoms with Gasteiger partial charge in [-0.25, -0.2) is 0 Å². The quantitative estimate of drug-likeness (QED) is 0.795. The number of carbonyl (C=O) groups is 1. The van der Waals surface area contributed by atoms with E-state index in [9.17, 15) is 4.79 Å². The molecule has 5 heteroatoms. The fourth-order valence-corrected chi connectivity index (χ4v) is 3.84. The lowest BCUT2D eigenvalue weighted by Crippen LogP contribution is -2.34. The highest BCUT2D eigenvalue weighted by molar-refractivity contribution is 7.98. The smallest absolute Gasteiger partial charge is 0.253 e. The molecule has 0 aliphatic carbocycles. The van der Waals surface area contributed by atoms with Crippen molar-refractivity contribution in [3.63, 3.8) is 0 Å². The van der Waals surface area contributed by atoms with E-state index in [1.807, 2.05) is 35.2 Å². The van der Waals surface area contributed by atoms with Crippen LogP contribution >= 0.6 is 24.2 Å². The van der Waals surface area contributed by atoms with E-state index in [2.05, 4.69) is 31.2 Å². The SMILES string of the molecule is CC1(CN)CCN(C(=O)c2ccc(SCc3ccccc3)cc2)C1.Cl. The fraction of sp³-hybridized carbons (Fsp3) is 0.350. The fourth-order valence-electron chi connectivity index (χ4n) is 2.98. The van der Waals surface area contributed by atoms with Crippen LogP contribution in [0, 0.1) is 5.41 Å². The molecule has 1 heterocycles. The van der Waals surface area contributed by atoms with Gasteiger partial charge in [0.1, 0.15) is 0 Å². The monoisotopic (exact) mass is 376 g/mol. The zero-order valence-corrected chi connectivity index (χ0v) is 16.1. The normalized spacial score (nSPS) is 19.5. The van der Waals surface area contributed by atoms with Crippen molar-refractivity contribution < 1.29 is 4.79 Å². The summed E-state index contributed by atoms with van der Waals surface area (Å²) in [5.74, 6) is 1.06. The summed E-state index contributed by atoms with van der Waals surface area (Å²) in [4.78, 5) is 15.7. The van der Waals surface area contributed by atoms with Gasteiger partial charge in [-0.15, -0.1) is 24.2 Å². The van der Waals surface area contributed by atoms with E-state index >= 15 is 0 Å². The molecular weight excluding hydrogens is 352 g/mol. The molecule has 134 valence electrons. The van der Waals surface area contributed by atoms with E-state index in [-0.39, 0.29) is 23.7 Å². The molecule has 0 aromatic heterocycles. The molecule has 1 amide bonds. The molecule has 25 heavy (non-hydrogen) atoms. The van der Waals surface area contributed by atoms with E-state index in [4.69, 9.17) is 5.73 Å². The Labute approximate surface area is 160 Å². The molecule has 2 aromatic rings. The van der Waals surface area contributed by atoms with Crippen LogP contribution in [0.15, 0.2) is 59.5 Å². The van der Waals surface area contributed by atoms with E-state index < -0.39 is 0 Å². The first kappa shape index (κ1) is 19.8. The van der Waals surface area contributed by atoms with Crippen molar-refractivity contribution in [2.75, 3.05) is 19.6 Å². The van der Waals surface area contributed by atoms with Crippen LogP contribution in [0.25, 0.3) is 0 Å². The van der Waals surface area contributed by atoms with Crippen LogP contribution in [-0.2, 0) is 5.75 Å². The Morgan fingerprint density at radius 1 is 1.16 bits per heavy atom. The molecule has 0 radical (unpaired) electrons. The third-order valence-electron chi connectivity index (χ3n) is 4.69. The van der Waals surface area contributed by atoms with Crippen molar-refractivity contribution in [1.82, 2.24) is 4.90 Å². The van der Waals surface area contributed by atoms with Gasteiger partial charge < -0.3 is 10.6 Å². The molecule has 3 rings (SSSR count). The number of benzene rings is 2. The van der Waals surface area contributed by atoms with Gasteiger partial charge in [-0.3, -0.25) is 4.79 Å². The maximum Gasteiger partial charge on any atom is 0.253 e. The first-order valence-corrected chi connectivity index (χ1v) is 9.34. The van der Waals surface area contributed by atoms with Gasteiger partial charge in [0.2, 0.25) is 0 Å². The van der Waals surface area contributed by atoms with Gasteiger partial charge in [0.15, 0.2) is 0 Å². The van der Waals surface area contributed by atoms with Crippen molar-refractivity contribution >= 4 is 30.1 Å². The average Bonchev–Trinajstić information content (AvgIpc) is 3.04. The third kappa shape index (κ3) is 5.00. The van der Waals surface area contributed by atoms with Gasteiger partial charge in [0.05, 0.1) is 0 Å². The third-order valence-corrected chi connectivity index (χ3v) is 5.77. The first-order chi connectivity index (χ1) is 11.6. The number of likely N-dealkylation sites (tertiary alicyclic amines) is 1. The zero-order valence-electron chi connectivity index (χ0n) is 14.5. The van der Waals surface area contributed by atoms with Crippen molar-refractivity contribution in [1.29, 1.82) is 0 Å². The molecule has 1 saturated heterocycles. The Morgan fingerprint density at radius 3 is 2.44 bits per heavy atom. The number of thioether (sulfide) groups is 1. The summed E-state index contributed by atoms with van der Waals surface area (Å²) in [7, 11) is 0. The highest BCUT2D eigenvalue weighted by Gasteiger charge is 2.35. The van der Waals surface area contributed by atoms with Crippen LogP contribution in [-0.4, -0.2) is 30.4 Å². The van der Waals surface area contributed by atoms with Gasteiger partial charge >= 0.3 is 0 Å². The molecule has 1 aliphatic heterocycles. The Hall–Kier alpha value is -1.49. The van der Waals surface area contributed by atoms with Crippen LogP contribution < -0.4 is 5.73 Å². The number of hydrogen-bond donors (Lipinski definition) is 1. The minimum Gasteiger partial charge on any atom is -0.338 e. The van der Waals surface area contributed by atoms with Gasteiger partial charge in [-0.1, -0.05) is 37.3 Å². The second kappa shape index (κ2) is 8.75. The molecule has 1 aliphatic rings.